The number of rotatable bonds is 4. The van der Waals surface area contributed by atoms with Crippen LogP contribution >= 0.6 is 0 Å². The summed E-state index contributed by atoms with van der Waals surface area (Å²) in [7, 11) is 0. The van der Waals surface area contributed by atoms with E-state index >= 15 is 0 Å². The Labute approximate surface area is 94.2 Å². The van der Waals surface area contributed by atoms with E-state index in [9.17, 15) is 15.0 Å². The normalized spacial score (nSPS) is 16.8. The second-order valence-corrected chi connectivity index (χ2v) is 4.10. The number of aliphatic hydroxyl groups is 2. The van der Waals surface area contributed by atoms with E-state index in [0.717, 1.165) is 0 Å². The molecule has 88 valence electrons. The van der Waals surface area contributed by atoms with Gasteiger partial charge in [-0.3, -0.25) is 0 Å². The lowest BCUT2D eigenvalue weighted by Gasteiger charge is -2.32. The largest absolute Gasteiger partial charge is 0.479 e. The summed E-state index contributed by atoms with van der Waals surface area (Å²) < 4.78 is 0. The lowest BCUT2D eigenvalue weighted by atomic mass is 9.82. The Morgan fingerprint density at radius 3 is 2.12 bits per heavy atom. The highest BCUT2D eigenvalue weighted by Gasteiger charge is 2.47. The Balaban J connectivity index is 3.11. The summed E-state index contributed by atoms with van der Waals surface area (Å²) in [5.41, 5.74) is -1.78. The fourth-order valence-corrected chi connectivity index (χ4v) is 1.57. The predicted octanol–water partition coefficient (Wildman–Crippen LogP) is 1.19. The van der Waals surface area contributed by atoms with Gasteiger partial charge in [0.25, 0.3) is 0 Å². The maximum atomic E-state index is 11.1. The van der Waals surface area contributed by atoms with Crippen LogP contribution in [-0.2, 0) is 4.79 Å². The molecule has 4 nitrogen and oxygen atoms in total. The minimum atomic E-state index is -2.17. The van der Waals surface area contributed by atoms with Gasteiger partial charge in [0.05, 0.1) is 0 Å². The molecule has 0 spiro atoms. The van der Waals surface area contributed by atoms with Crippen LogP contribution in [0.3, 0.4) is 0 Å². The van der Waals surface area contributed by atoms with Crippen LogP contribution < -0.4 is 0 Å². The van der Waals surface area contributed by atoms with Crippen molar-refractivity contribution in [3.63, 3.8) is 0 Å². The third-order valence-corrected chi connectivity index (χ3v) is 2.75. The highest BCUT2D eigenvalue weighted by molar-refractivity contribution is 5.78. The van der Waals surface area contributed by atoms with Crippen LogP contribution in [0, 0.1) is 5.92 Å². The smallest absolute Gasteiger partial charge is 0.339 e. The van der Waals surface area contributed by atoms with Crippen molar-refractivity contribution < 1.29 is 20.1 Å². The monoisotopic (exact) mass is 224 g/mol. The third-order valence-electron chi connectivity index (χ3n) is 2.75. The summed E-state index contributed by atoms with van der Waals surface area (Å²) in [6.45, 7) is 3.11. The molecule has 0 saturated heterocycles. The van der Waals surface area contributed by atoms with Gasteiger partial charge >= 0.3 is 5.97 Å². The highest BCUT2D eigenvalue weighted by Crippen LogP contribution is 2.32. The van der Waals surface area contributed by atoms with Gasteiger partial charge < -0.3 is 15.3 Å². The number of aliphatic hydroxyl groups excluding tert-OH is 1. The zero-order valence-electron chi connectivity index (χ0n) is 9.29. The first-order valence-corrected chi connectivity index (χ1v) is 5.09. The summed E-state index contributed by atoms with van der Waals surface area (Å²) in [6, 6.07) is 8.29. The minimum Gasteiger partial charge on any atom is -0.479 e. The Morgan fingerprint density at radius 2 is 1.75 bits per heavy atom. The number of carboxylic acids is 1. The summed E-state index contributed by atoms with van der Waals surface area (Å²) in [6.07, 6.45) is -1.44. The predicted molar refractivity (Wildman–Crippen MR) is 58.8 cm³/mol. The molecule has 0 heterocycles. The fourth-order valence-electron chi connectivity index (χ4n) is 1.57. The van der Waals surface area contributed by atoms with Gasteiger partial charge in [0.2, 0.25) is 0 Å². The van der Waals surface area contributed by atoms with Crippen LogP contribution in [0.1, 0.15) is 25.5 Å². The molecule has 0 fully saturated rings. The SMILES string of the molecule is CC(C)[C@@](O)(C(=O)O)[C@H](O)c1ccccc1. The van der Waals surface area contributed by atoms with Crippen molar-refractivity contribution >= 4 is 5.97 Å². The van der Waals surface area contributed by atoms with Gasteiger partial charge in [0.1, 0.15) is 6.10 Å². The number of aliphatic carboxylic acids is 1. The van der Waals surface area contributed by atoms with Crippen LogP contribution in [-0.4, -0.2) is 26.9 Å². The Hall–Kier alpha value is -1.39. The van der Waals surface area contributed by atoms with Crippen molar-refractivity contribution in [2.75, 3.05) is 0 Å². The van der Waals surface area contributed by atoms with Gasteiger partial charge in [0, 0.05) is 0 Å². The molecule has 0 amide bonds. The number of benzene rings is 1. The lowest BCUT2D eigenvalue weighted by molar-refractivity contribution is -0.180. The molecule has 3 N–H and O–H groups in total. The molecule has 1 rings (SSSR count). The number of hydrogen-bond donors (Lipinski definition) is 3. The summed E-state index contributed by atoms with van der Waals surface area (Å²) in [5.74, 6) is -2.01. The molecule has 0 aliphatic carbocycles. The van der Waals surface area contributed by atoms with Crippen molar-refractivity contribution in [1.82, 2.24) is 0 Å². The molecule has 0 radical (unpaired) electrons. The molecule has 0 aliphatic rings. The standard InChI is InChI=1S/C12H16O4/c1-8(2)12(16,11(14)15)10(13)9-6-4-3-5-7-9/h3-8,10,13,16H,1-2H3,(H,14,15)/t10-,12+/m1/s1. The van der Waals surface area contributed by atoms with E-state index in [2.05, 4.69) is 0 Å². The van der Waals surface area contributed by atoms with Gasteiger partial charge in [-0.05, 0) is 11.5 Å². The maximum Gasteiger partial charge on any atom is 0.339 e. The number of carbonyl (C=O) groups is 1. The van der Waals surface area contributed by atoms with Crippen LogP contribution in [0.5, 0.6) is 0 Å². The Kier molecular flexibility index (Phi) is 3.67. The first kappa shape index (κ1) is 12.7. The van der Waals surface area contributed by atoms with Crippen LogP contribution in [0.2, 0.25) is 0 Å². The molecular formula is C12H16O4. The molecule has 1 aromatic rings. The van der Waals surface area contributed by atoms with E-state index in [1.807, 2.05) is 0 Å². The lowest BCUT2D eigenvalue weighted by Crippen LogP contribution is -2.49. The van der Waals surface area contributed by atoms with Gasteiger partial charge in [0.15, 0.2) is 5.60 Å². The average Bonchev–Trinajstić information content (AvgIpc) is 2.27. The second kappa shape index (κ2) is 4.63. The third kappa shape index (κ3) is 2.08. The topological polar surface area (TPSA) is 77.8 Å². The van der Waals surface area contributed by atoms with Gasteiger partial charge in [-0.2, -0.15) is 0 Å². The zero-order chi connectivity index (χ0) is 12.3. The van der Waals surface area contributed by atoms with Crippen molar-refractivity contribution in [1.29, 1.82) is 0 Å². The molecule has 0 unspecified atom stereocenters. The van der Waals surface area contributed by atoms with Crippen molar-refractivity contribution in [3.8, 4) is 0 Å². The van der Waals surface area contributed by atoms with E-state index in [1.165, 1.54) is 0 Å². The Morgan fingerprint density at radius 1 is 1.25 bits per heavy atom. The molecule has 0 saturated carbocycles. The number of hydrogen-bond acceptors (Lipinski definition) is 3. The van der Waals surface area contributed by atoms with Crippen LogP contribution in [0.25, 0.3) is 0 Å². The summed E-state index contributed by atoms with van der Waals surface area (Å²) in [5, 5.41) is 29.0. The Bertz CT molecular complexity index is 361. The molecule has 0 aromatic heterocycles. The quantitative estimate of drug-likeness (QED) is 0.718. The average molecular weight is 224 g/mol. The summed E-state index contributed by atoms with van der Waals surface area (Å²) in [4.78, 5) is 11.1. The molecule has 1 aromatic carbocycles. The zero-order valence-corrected chi connectivity index (χ0v) is 9.29. The van der Waals surface area contributed by atoms with Gasteiger partial charge in [-0.1, -0.05) is 44.2 Å². The fraction of sp³-hybridized carbons (Fsp3) is 0.417. The van der Waals surface area contributed by atoms with E-state index in [0.29, 0.717) is 5.56 Å². The minimum absolute atomic E-state index is 0.390. The van der Waals surface area contributed by atoms with Crippen molar-refractivity contribution in [2.24, 2.45) is 5.92 Å². The van der Waals surface area contributed by atoms with E-state index in [4.69, 9.17) is 5.11 Å². The van der Waals surface area contributed by atoms with Gasteiger partial charge in [-0.25, -0.2) is 4.79 Å². The first-order chi connectivity index (χ1) is 7.40. The van der Waals surface area contributed by atoms with Gasteiger partial charge in [-0.15, -0.1) is 0 Å². The van der Waals surface area contributed by atoms with Crippen LogP contribution in [0.4, 0.5) is 0 Å². The van der Waals surface area contributed by atoms with Crippen molar-refractivity contribution in [3.05, 3.63) is 35.9 Å². The first-order valence-electron chi connectivity index (χ1n) is 5.09. The van der Waals surface area contributed by atoms with Crippen molar-refractivity contribution in [2.45, 2.75) is 25.6 Å². The molecule has 0 aliphatic heterocycles. The molecule has 2 atom stereocenters. The molecule has 4 heteroatoms. The maximum absolute atomic E-state index is 11.1. The van der Waals surface area contributed by atoms with E-state index in [1.54, 1.807) is 44.2 Å². The highest BCUT2D eigenvalue weighted by atomic mass is 16.4. The van der Waals surface area contributed by atoms with E-state index in [-0.39, 0.29) is 0 Å². The molecule has 16 heavy (non-hydrogen) atoms. The summed E-state index contributed by atoms with van der Waals surface area (Å²) >= 11 is 0. The molecule has 0 bridgehead atoms. The second-order valence-electron chi connectivity index (χ2n) is 4.10. The molecular weight excluding hydrogens is 208 g/mol. The number of carboxylic acid groups (broad SMARTS) is 1. The van der Waals surface area contributed by atoms with E-state index < -0.39 is 23.6 Å². The van der Waals surface area contributed by atoms with Crippen LogP contribution in [0.15, 0.2) is 30.3 Å².